The maximum atomic E-state index is 6.22. The molecule has 3 heteroatoms. The van der Waals surface area contributed by atoms with E-state index in [1.165, 1.54) is 44.9 Å². The van der Waals surface area contributed by atoms with E-state index in [9.17, 15) is 0 Å². The number of rotatable bonds is 1. The second-order valence-electron chi connectivity index (χ2n) is 7.17. The third kappa shape index (κ3) is 2.45. The largest absolute Gasteiger partial charge is 0.375 e. The van der Waals surface area contributed by atoms with Crippen molar-refractivity contribution >= 4 is 0 Å². The quantitative estimate of drug-likeness (QED) is 0.778. The van der Waals surface area contributed by atoms with Gasteiger partial charge < -0.3 is 10.5 Å². The van der Waals surface area contributed by atoms with Crippen LogP contribution in [-0.4, -0.2) is 41.3 Å². The van der Waals surface area contributed by atoms with Gasteiger partial charge in [-0.1, -0.05) is 6.42 Å². The Balaban J connectivity index is 1.74. The molecular weight excluding hydrogens is 224 g/mol. The maximum Gasteiger partial charge on any atom is 0.0641 e. The molecule has 3 unspecified atom stereocenters. The van der Waals surface area contributed by atoms with Crippen LogP contribution in [0.3, 0.4) is 0 Å². The van der Waals surface area contributed by atoms with E-state index < -0.39 is 0 Å². The lowest BCUT2D eigenvalue weighted by Gasteiger charge is -2.54. The van der Waals surface area contributed by atoms with Crippen molar-refractivity contribution in [3.63, 3.8) is 0 Å². The molecule has 0 aliphatic carbocycles. The number of fused-ring (bicyclic) bond motifs is 2. The zero-order valence-corrected chi connectivity index (χ0v) is 11.9. The summed E-state index contributed by atoms with van der Waals surface area (Å²) in [7, 11) is 0. The summed E-state index contributed by atoms with van der Waals surface area (Å²) >= 11 is 0. The lowest BCUT2D eigenvalue weighted by molar-refractivity contribution is -0.112. The van der Waals surface area contributed by atoms with Crippen molar-refractivity contribution in [1.82, 2.24) is 4.90 Å². The third-order valence-electron chi connectivity index (χ3n) is 5.16. The molecule has 3 fully saturated rings. The first-order valence-corrected chi connectivity index (χ1v) is 7.72. The first-order valence-electron chi connectivity index (χ1n) is 7.72. The van der Waals surface area contributed by atoms with E-state index in [0.29, 0.717) is 6.04 Å². The predicted octanol–water partition coefficient (Wildman–Crippen LogP) is 2.29. The third-order valence-corrected chi connectivity index (χ3v) is 5.16. The highest BCUT2D eigenvalue weighted by atomic mass is 16.5. The molecule has 0 aromatic rings. The van der Waals surface area contributed by atoms with Crippen LogP contribution < -0.4 is 5.73 Å². The highest BCUT2D eigenvalue weighted by Gasteiger charge is 2.43. The topological polar surface area (TPSA) is 38.5 Å². The summed E-state index contributed by atoms with van der Waals surface area (Å²) in [6.45, 7) is 5.41. The number of ether oxygens (including phenoxy) is 1. The van der Waals surface area contributed by atoms with Gasteiger partial charge in [0, 0.05) is 30.8 Å². The summed E-state index contributed by atoms with van der Waals surface area (Å²) in [5.41, 5.74) is 6.28. The van der Waals surface area contributed by atoms with E-state index in [4.69, 9.17) is 10.5 Å². The lowest BCUT2D eigenvalue weighted by atomic mass is 9.79. The van der Waals surface area contributed by atoms with Gasteiger partial charge in [-0.25, -0.2) is 0 Å². The molecule has 3 atom stereocenters. The normalized spacial score (nSPS) is 44.8. The van der Waals surface area contributed by atoms with Crippen LogP contribution in [0, 0.1) is 0 Å². The molecule has 2 N–H and O–H groups in total. The van der Waals surface area contributed by atoms with Crippen molar-refractivity contribution in [2.24, 2.45) is 5.73 Å². The molecule has 0 aromatic heterocycles. The first kappa shape index (κ1) is 12.9. The monoisotopic (exact) mass is 252 g/mol. The van der Waals surface area contributed by atoms with Crippen LogP contribution >= 0.6 is 0 Å². The van der Waals surface area contributed by atoms with Crippen molar-refractivity contribution in [3.8, 4) is 0 Å². The Labute approximate surface area is 111 Å². The van der Waals surface area contributed by atoms with Gasteiger partial charge >= 0.3 is 0 Å². The van der Waals surface area contributed by atoms with Gasteiger partial charge in [-0.3, -0.25) is 4.90 Å². The van der Waals surface area contributed by atoms with Crippen molar-refractivity contribution in [1.29, 1.82) is 0 Å². The van der Waals surface area contributed by atoms with Crippen LogP contribution in [0.4, 0.5) is 0 Å². The second kappa shape index (κ2) is 4.77. The van der Waals surface area contributed by atoms with Gasteiger partial charge in [0.25, 0.3) is 0 Å². The maximum absolute atomic E-state index is 6.22. The smallest absolute Gasteiger partial charge is 0.0641 e. The van der Waals surface area contributed by atoms with Crippen molar-refractivity contribution in [2.75, 3.05) is 6.61 Å². The molecule has 3 aliphatic rings. The van der Waals surface area contributed by atoms with Crippen LogP contribution in [0.25, 0.3) is 0 Å². The fourth-order valence-corrected chi connectivity index (χ4v) is 4.51. The number of nitrogens with two attached hydrogens (primary N) is 1. The molecule has 0 amide bonds. The number of hydrogen-bond acceptors (Lipinski definition) is 3. The summed E-state index contributed by atoms with van der Waals surface area (Å²) in [6.07, 6.45) is 8.97. The van der Waals surface area contributed by atoms with E-state index in [2.05, 4.69) is 18.7 Å². The van der Waals surface area contributed by atoms with Gasteiger partial charge in [0.2, 0.25) is 0 Å². The van der Waals surface area contributed by atoms with Crippen molar-refractivity contribution in [2.45, 2.75) is 88.6 Å². The van der Waals surface area contributed by atoms with Crippen LogP contribution in [-0.2, 0) is 4.74 Å². The van der Waals surface area contributed by atoms with E-state index in [1.807, 2.05) is 0 Å². The Morgan fingerprint density at radius 1 is 1.06 bits per heavy atom. The number of nitrogens with zero attached hydrogens (tertiary/aromatic N) is 1. The number of hydrogen-bond donors (Lipinski definition) is 1. The Kier molecular flexibility index (Phi) is 3.41. The molecule has 3 nitrogen and oxygen atoms in total. The zero-order valence-electron chi connectivity index (χ0n) is 11.9. The highest BCUT2D eigenvalue weighted by Crippen LogP contribution is 2.39. The summed E-state index contributed by atoms with van der Waals surface area (Å²) in [5.74, 6) is 0. The second-order valence-corrected chi connectivity index (χ2v) is 7.17. The average Bonchev–Trinajstić information content (AvgIpc) is 2.26. The molecule has 2 bridgehead atoms. The molecule has 3 rings (SSSR count). The minimum absolute atomic E-state index is 0.0662. The zero-order chi connectivity index (χ0) is 12.8. The Bertz CT molecular complexity index is 291. The molecular formula is C15H28N2O. The first-order chi connectivity index (χ1) is 8.55. The summed E-state index contributed by atoms with van der Waals surface area (Å²) in [4.78, 5) is 2.84. The van der Waals surface area contributed by atoms with Gasteiger partial charge in [-0.05, 0) is 52.4 Å². The fourth-order valence-electron chi connectivity index (χ4n) is 4.51. The Morgan fingerprint density at radius 2 is 1.72 bits per heavy atom. The van der Waals surface area contributed by atoms with Gasteiger partial charge in [-0.15, -0.1) is 0 Å². The SMILES string of the molecule is CC1(C)CC(N2C3CCCC2CC(N)C3)CCO1. The van der Waals surface area contributed by atoms with E-state index in [-0.39, 0.29) is 5.60 Å². The van der Waals surface area contributed by atoms with Crippen molar-refractivity contribution in [3.05, 3.63) is 0 Å². The molecule has 3 saturated heterocycles. The summed E-state index contributed by atoms with van der Waals surface area (Å²) in [5, 5.41) is 0. The van der Waals surface area contributed by atoms with Gasteiger partial charge in [0.05, 0.1) is 5.60 Å². The average molecular weight is 252 g/mol. The molecule has 3 aliphatic heterocycles. The lowest BCUT2D eigenvalue weighted by Crippen LogP contribution is -2.61. The molecule has 0 saturated carbocycles. The van der Waals surface area contributed by atoms with E-state index >= 15 is 0 Å². The van der Waals surface area contributed by atoms with E-state index in [1.54, 1.807) is 0 Å². The number of piperidine rings is 2. The molecule has 18 heavy (non-hydrogen) atoms. The molecule has 0 spiro atoms. The minimum Gasteiger partial charge on any atom is -0.375 e. The van der Waals surface area contributed by atoms with Crippen LogP contribution in [0.15, 0.2) is 0 Å². The minimum atomic E-state index is 0.0662. The molecule has 0 aromatic carbocycles. The molecule has 3 heterocycles. The predicted molar refractivity (Wildman–Crippen MR) is 73.5 cm³/mol. The Hall–Kier alpha value is -0.120. The highest BCUT2D eigenvalue weighted by molar-refractivity contribution is 4.99. The van der Waals surface area contributed by atoms with E-state index in [0.717, 1.165) is 24.7 Å². The fraction of sp³-hybridized carbons (Fsp3) is 1.00. The Morgan fingerprint density at radius 3 is 2.33 bits per heavy atom. The molecule has 0 radical (unpaired) electrons. The van der Waals surface area contributed by atoms with Crippen LogP contribution in [0.1, 0.15) is 58.8 Å². The summed E-state index contributed by atoms with van der Waals surface area (Å²) < 4.78 is 5.88. The molecule has 104 valence electrons. The summed E-state index contributed by atoms with van der Waals surface area (Å²) in [6, 6.07) is 2.69. The van der Waals surface area contributed by atoms with Crippen molar-refractivity contribution < 1.29 is 4.74 Å². The van der Waals surface area contributed by atoms with Crippen LogP contribution in [0.5, 0.6) is 0 Å². The van der Waals surface area contributed by atoms with Gasteiger partial charge in [0.15, 0.2) is 0 Å². The van der Waals surface area contributed by atoms with Crippen LogP contribution in [0.2, 0.25) is 0 Å². The van der Waals surface area contributed by atoms with Gasteiger partial charge in [-0.2, -0.15) is 0 Å². The van der Waals surface area contributed by atoms with Gasteiger partial charge in [0.1, 0.15) is 0 Å². The standard InChI is InChI=1S/C15H28N2O/c1-15(2)10-14(6-7-18-15)17-12-4-3-5-13(17)9-11(16)8-12/h11-14H,3-10,16H2,1-2H3.